The lowest BCUT2D eigenvalue weighted by Gasteiger charge is -2.03. The number of H-pyrrole nitrogens is 1. The second-order valence-electron chi connectivity index (χ2n) is 4.66. The molecule has 0 spiro atoms. The van der Waals surface area contributed by atoms with Crippen molar-refractivity contribution in [3.8, 4) is 0 Å². The van der Waals surface area contributed by atoms with Gasteiger partial charge in [0.2, 0.25) is 0 Å². The molecule has 2 aromatic rings. The van der Waals surface area contributed by atoms with E-state index < -0.39 is 10.0 Å². The van der Waals surface area contributed by atoms with Gasteiger partial charge in [0.15, 0.2) is 0 Å². The summed E-state index contributed by atoms with van der Waals surface area (Å²) in [5.74, 6) is 2.51. The van der Waals surface area contributed by atoms with Crippen LogP contribution in [0.1, 0.15) is 11.5 Å². The number of aromatic nitrogens is 2. The van der Waals surface area contributed by atoms with Gasteiger partial charge in [-0.3, -0.25) is 9.71 Å². The molecule has 0 saturated heterocycles. The SMILES string of the molecule is Cc1ncc(CSCCN=CNS(=O)(=O)c2ccc(Cl)cc2)[nH]1. The zero-order chi connectivity index (χ0) is 16.7. The molecule has 1 aromatic carbocycles. The van der Waals surface area contributed by atoms with Crippen molar-refractivity contribution in [3.05, 3.63) is 47.0 Å². The molecule has 9 heteroatoms. The fourth-order valence-electron chi connectivity index (χ4n) is 1.70. The maximum absolute atomic E-state index is 12.0. The van der Waals surface area contributed by atoms with Crippen LogP contribution in [0.2, 0.25) is 5.02 Å². The monoisotopic (exact) mass is 372 g/mol. The minimum Gasteiger partial charge on any atom is -0.345 e. The van der Waals surface area contributed by atoms with Gasteiger partial charge in [0.1, 0.15) is 5.82 Å². The number of rotatable bonds is 8. The van der Waals surface area contributed by atoms with E-state index in [0.29, 0.717) is 11.6 Å². The molecule has 0 fully saturated rings. The number of aliphatic imine (C=N–C) groups is 1. The van der Waals surface area contributed by atoms with E-state index in [9.17, 15) is 8.42 Å². The standard InChI is InChI=1S/C14H17ClN4O2S2/c1-11-17-8-13(19-11)9-22-7-6-16-10-18-23(20,21)14-4-2-12(15)3-5-14/h2-5,8,10H,6-7,9H2,1H3,(H,16,18)(H,17,19). The average molecular weight is 373 g/mol. The van der Waals surface area contributed by atoms with Crippen LogP contribution in [0.15, 0.2) is 40.4 Å². The van der Waals surface area contributed by atoms with Crippen molar-refractivity contribution < 1.29 is 8.42 Å². The van der Waals surface area contributed by atoms with Gasteiger partial charge in [-0.25, -0.2) is 13.4 Å². The summed E-state index contributed by atoms with van der Waals surface area (Å²) >= 11 is 7.43. The molecule has 1 heterocycles. The molecule has 0 unspecified atom stereocenters. The normalized spacial score (nSPS) is 11.9. The number of benzene rings is 1. The number of sulfonamides is 1. The summed E-state index contributed by atoms with van der Waals surface area (Å²) in [6.45, 7) is 2.44. The quantitative estimate of drug-likeness (QED) is 0.423. The highest BCUT2D eigenvalue weighted by Gasteiger charge is 2.11. The summed E-state index contributed by atoms with van der Waals surface area (Å²) in [7, 11) is -3.59. The second kappa shape index (κ2) is 8.37. The topological polar surface area (TPSA) is 87.2 Å². The lowest BCUT2D eigenvalue weighted by Crippen LogP contribution is -2.22. The molecule has 0 aliphatic carbocycles. The van der Waals surface area contributed by atoms with Crippen LogP contribution in [-0.4, -0.2) is 37.0 Å². The fourth-order valence-corrected chi connectivity index (χ4v) is 3.41. The van der Waals surface area contributed by atoms with E-state index in [0.717, 1.165) is 23.0 Å². The number of nitrogens with one attached hydrogen (secondary N) is 2. The van der Waals surface area contributed by atoms with Crippen molar-refractivity contribution in [2.75, 3.05) is 12.3 Å². The highest BCUT2D eigenvalue weighted by molar-refractivity contribution is 7.98. The lowest BCUT2D eigenvalue weighted by atomic mass is 10.4. The van der Waals surface area contributed by atoms with E-state index in [2.05, 4.69) is 19.7 Å². The van der Waals surface area contributed by atoms with Crippen LogP contribution in [-0.2, 0) is 15.8 Å². The van der Waals surface area contributed by atoms with Gasteiger partial charge in [-0.15, -0.1) is 0 Å². The van der Waals surface area contributed by atoms with Crippen molar-refractivity contribution in [2.45, 2.75) is 17.6 Å². The number of thioether (sulfide) groups is 1. The molecule has 1 aromatic heterocycles. The summed E-state index contributed by atoms with van der Waals surface area (Å²) < 4.78 is 26.2. The molecule has 2 rings (SSSR count). The van der Waals surface area contributed by atoms with Crippen molar-refractivity contribution in [1.82, 2.24) is 14.7 Å². The smallest absolute Gasteiger partial charge is 0.262 e. The van der Waals surface area contributed by atoms with Gasteiger partial charge in [-0.2, -0.15) is 11.8 Å². The van der Waals surface area contributed by atoms with Gasteiger partial charge in [-0.1, -0.05) is 11.6 Å². The van der Waals surface area contributed by atoms with Gasteiger partial charge in [0.05, 0.1) is 11.2 Å². The van der Waals surface area contributed by atoms with Crippen LogP contribution in [0, 0.1) is 6.92 Å². The molecule has 124 valence electrons. The lowest BCUT2D eigenvalue weighted by molar-refractivity contribution is 0.593. The molecule has 0 radical (unpaired) electrons. The molecular weight excluding hydrogens is 356 g/mol. The molecule has 0 saturated carbocycles. The van der Waals surface area contributed by atoms with Crippen LogP contribution < -0.4 is 4.72 Å². The third-order valence-corrected chi connectivity index (χ3v) is 5.35. The van der Waals surface area contributed by atoms with E-state index in [-0.39, 0.29) is 4.90 Å². The van der Waals surface area contributed by atoms with E-state index >= 15 is 0 Å². The highest BCUT2D eigenvalue weighted by Crippen LogP contribution is 2.13. The number of aryl methyl sites for hydroxylation is 1. The molecule has 0 atom stereocenters. The first-order chi connectivity index (χ1) is 11.0. The van der Waals surface area contributed by atoms with E-state index in [1.807, 2.05) is 13.1 Å². The minimum atomic E-state index is -3.59. The van der Waals surface area contributed by atoms with Gasteiger partial charge >= 0.3 is 0 Å². The molecule has 0 aliphatic rings. The molecule has 0 bridgehead atoms. The summed E-state index contributed by atoms with van der Waals surface area (Å²) in [6.07, 6.45) is 3.02. The Morgan fingerprint density at radius 2 is 2.13 bits per heavy atom. The Morgan fingerprint density at radius 3 is 2.78 bits per heavy atom. The summed E-state index contributed by atoms with van der Waals surface area (Å²) in [6, 6.07) is 5.95. The van der Waals surface area contributed by atoms with Gasteiger partial charge in [0.25, 0.3) is 10.0 Å². The summed E-state index contributed by atoms with van der Waals surface area (Å²) in [5, 5.41) is 0.488. The molecular formula is C14H17ClN4O2S2. The molecule has 2 N–H and O–H groups in total. The number of halogens is 1. The number of aromatic amines is 1. The number of nitrogens with zero attached hydrogens (tertiary/aromatic N) is 2. The van der Waals surface area contributed by atoms with Crippen LogP contribution >= 0.6 is 23.4 Å². The van der Waals surface area contributed by atoms with Crippen molar-refractivity contribution >= 4 is 39.7 Å². The Morgan fingerprint density at radius 1 is 1.39 bits per heavy atom. The Hall–Kier alpha value is -1.51. The summed E-state index contributed by atoms with van der Waals surface area (Å²) in [5.41, 5.74) is 1.07. The second-order valence-corrected chi connectivity index (χ2v) is 7.91. The van der Waals surface area contributed by atoms with Gasteiger partial charge in [0, 0.05) is 35.0 Å². The first kappa shape index (κ1) is 17.8. The van der Waals surface area contributed by atoms with Gasteiger partial charge in [-0.05, 0) is 31.2 Å². The van der Waals surface area contributed by atoms with Gasteiger partial charge < -0.3 is 4.98 Å². The van der Waals surface area contributed by atoms with E-state index in [4.69, 9.17) is 11.6 Å². The van der Waals surface area contributed by atoms with Crippen LogP contribution in [0.3, 0.4) is 0 Å². The highest BCUT2D eigenvalue weighted by atomic mass is 35.5. The zero-order valence-electron chi connectivity index (χ0n) is 12.5. The average Bonchev–Trinajstić information content (AvgIpc) is 2.92. The van der Waals surface area contributed by atoms with Crippen molar-refractivity contribution in [3.63, 3.8) is 0 Å². The molecule has 0 amide bonds. The first-order valence-corrected chi connectivity index (χ1v) is 9.83. The minimum absolute atomic E-state index is 0.150. The van der Waals surface area contributed by atoms with Crippen molar-refractivity contribution in [2.24, 2.45) is 4.99 Å². The Balaban J connectivity index is 1.70. The maximum atomic E-state index is 12.0. The maximum Gasteiger partial charge on any atom is 0.262 e. The predicted molar refractivity (Wildman–Crippen MR) is 94.6 cm³/mol. The fraction of sp³-hybridized carbons (Fsp3) is 0.286. The Labute approximate surface area is 144 Å². The number of imidazole rings is 1. The number of hydrogen-bond donors (Lipinski definition) is 2. The van der Waals surface area contributed by atoms with Crippen LogP contribution in [0.5, 0.6) is 0 Å². The third-order valence-electron chi connectivity index (χ3n) is 2.80. The zero-order valence-corrected chi connectivity index (χ0v) is 14.9. The van der Waals surface area contributed by atoms with E-state index in [1.54, 1.807) is 11.8 Å². The summed E-state index contributed by atoms with van der Waals surface area (Å²) in [4.78, 5) is 11.5. The predicted octanol–water partition coefficient (Wildman–Crippen LogP) is 2.61. The Bertz CT molecular complexity index is 757. The van der Waals surface area contributed by atoms with Crippen LogP contribution in [0.25, 0.3) is 0 Å². The molecule has 0 aliphatic heterocycles. The van der Waals surface area contributed by atoms with Crippen LogP contribution in [0.4, 0.5) is 0 Å². The third kappa shape index (κ3) is 5.89. The molecule has 6 nitrogen and oxygen atoms in total. The Kier molecular flexibility index (Phi) is 6.49. The molecule has 23 heavy (non-hydrogen) atoms. The first-order valence-electron chi connectivity index (χ1n) is 6.82. The largest absolute Gasteiger partial charge is 0.345 e. The number of hydrogen-bond acceptors (Lipinski definition) is 5. The van der Waals surface area contributed by atoms with Crippen molar-refractivity contribution in [1.29, 1.82) is 0 Å². The van der Waals surface area contributed by atoms with E-state index in [1.165, 1.54) is 30.6 Å².